The third kappa shape index (κ3) is 3.42. The molecule has 0 aliphatic rings. The number of hydrazine groups is 1. The molecular formula is C15H20N4O2. The number of hydrogen-bond acceptors (Lipinski definition) is 6. The SMILES string of the molecule is COc1ccc(C(Cc2cccnc2N)NN)cc1OC. The summed E-state index contributed by atoms with van der Waals surface area (Å²) in [6.07, 6.45) is 2.30. The van der Waals surface area contributed by atoms with E-state index in [2.05, 4.69) is 10.4 Å². The smallest absolute Gasteiger partial charge is 0.161 e. The van der Waals surface area contributed by atoms with Crippen molar-refractivity contribution in [1.29, 1.82) is 0 Å². The highest BCUT2D eigenvalue weighted by Crippen LogP contribution is 2.31. The number of nitrogens with zero attached hydrogens (tertiary/aromatic N) is 1. The van der Waals surface area contributed by atoms with E-state index in [1.165, 1.54) is 0 Å². The Bertz CT molecular complexity index is 604. The Hall–Kier alpha value is -2.31. The molecule has 0 amide bonds. The van der Waals surface area contributed by atoms with Crippen molar-refractivity contribution in [2.45, 2.75) is 12.5 Å². The van der Waals surface area contributed by atoms with E-state index in [1.807, 2.05) is 30.3 Å². The molecule has 1 unspecified atom stereocenters. The van der Waals surface area contributed by atoms with Crippen LogP contribution < -0.4 is 26.5 Å². The van der Waals surface area contributed by atoms with Gasteiger partial charge in [-0.3, -0.25) is 11.3 Å². The summed E-state index contributed by atoms with van der Waals surface area (Å²) in [6.45, 7) is 0. The lowest BCUT2D eigenvalue weighted by Crippen LogP contribution is -2.29. The number of rotatable bonds is 6. The van der Waals surface area contributed by atoms with Crippen molar-refractivity contribution in [2.75, 3.05) is 20.0 Å². The fourth-order valence-corrected chi connectivity index (χ4v) is 2.19. The summed E-state index contributed by atoms with van der Waals surface area (Å²) >= 11 is 0. The quantitative estimate of drug-likeness (QED) is 0.550. The predicted octanol–water partition coefficient (Wildman–Crippen LogP) is 1.43. The molecule has 112 valence electrons. The Morgan fingerprint density at radius 3 is 2.57 bits per heavy atom. The lowest BCUT2D eigenvalue weighted by Gasteiger charge is -2.18. The third-order valence-corrected chi connectivity index (χ3v) is 3.36. The number of benzene rings is 1. The second kappa shape index (κ2) is 6.92. The fourth-order valence-electron chi connectivity index (χ4n) is 2.19. The minimum Gasteiger partial charge on any atom is -0.493 e. The predicted molar refractivity (Wildman–Crippen MR) is 82.0 cm³/mol. The van der Waals surface area contributed by atoms with Gasteiger partial charge in [-0.2, -0.15) is 0 Å². The van der Waals surface area contributed by atoms with E-state index in [1.54, 1.807) is 20.4 Å². The van der Waals surface area contributed by atoms with E-state index in [4.69, 9.17) is 21.1 Å². The maximum atomic E-state index is 5.88. The molecule has 0 radical (unpaired) electrons. The normalized spacial score (nSPS) is 12.0. The number of methoxy groups -OCH3 is 2. The highest BCUT2D eigenvalue weighted by atomic mass is 16.5. The number of nitrogens with one attached hydrogen (secondary N) is 1. The second-order valence-corrected chi connectivity index (χ2v) is 4.59. The van der Waals surface area contributed by atoms with Gasteiger partial charge in [0.25, 0.3) is 0 Å². The number of ether oxygens (including phenoxy) is 2. The topological polar surface area (TPSA) is 95.4 Å². The monoisotopic (exact) mass is 288 g/mol. The highest BCUT2D eigenvalue weighted by molar-refractivity contribution is 5.45. The maximum absolute atomic E-state index is 5.88. The highest BCUT2D eigenvalue weighted by Gasteiger charge is 2.15. The molecule has 0 bridgehead atoms. The molecular weight excluding hydrogens is 268 g/mol. The summed E-state index contributed by atoms with van der Waals surface area (Å²) in [5, 5.41) is 0. The Kier molecular flexibility index (Phi) is 4.97. The van der Waals surface area contributed by atoms with Crippen LogP contribution in [0.5, 0.6) is 11.5 Å². The van der Waals surface area contributed by atoms with E-state index in [-0.39, 0.29) is 6.04 Å². The van der Waals surface area contributed by atoms with Gasteiger partial charge in [-0.1, -0.05) is 12.1 Å². The second-order valence-electron chi connectivity index (χ2n) is 4.59. The first-order valence-electron chi connectivity index (χ1n) is 6.57. The Morgan fingerprint density at radius 2 is 1.95 bits per heavy atom. The Morgan fingerprint density at radius 1 is 1.19 bits per heavy atom. The molecule has 0 fully saturated rings. The van der Waals surface area contributed by atoms with Crippen molar-refractivity contribution in [3.63, 3.8) is 0 Å². The third-order valence-electron chi connectivity index (χ3n) is 3.36. The molecule has 6 heteroatoms. The van der Waals surface area contributed by atoms with Crippen molar-refractivity contribution < 1.29 is 9.47 Å². The Labute approximate surface area is 124 Å². The molecule has 0 aliphatic carbocycles. The Balaban J connectivity index is 2.27. The molecule has 1 heterocycles. The first kappa shape index (κ1) is 15.1. The van der Waals surface area contributed by atoms with Gasteiger partial charge in [-0.15, -0.1) is 0 Å². The van der Waals surface area contributed by atoms with Crippen molar-refractivity contribution in [3.05, 3.63) is 47.7 Å². The number of pyridine rings is 1. The number of nitrogen functional groups attached to an aromatic ring is 1. The number of nitrogens with two attached hydrogens (primary N) is 2. The van der Waals surface area contributed by atoms with E-state index < -0.39 is 0 Å². The summed E-state index contributed by atoms with van der Waals surface area (Å²) in [6, 6.07) is 9.39. The van der Waals surface area contributed by atoms with Crippen LogP contribution in [-0.4, -0.2) is 19.2 Å². The summed E-state index contributed by atoms with van der Waals surface area (Å²) in [5.41, 5.74) is 10.6. The number of hydrogen-bond donors (Lipinski definition) is 3. The van der Waals surface area contributed by atoms with Gasteiger partial charge in [0.05, 0.1) is 20.3 Å². The van der Waals surface area contributed by atoms with Gasteiger partial charge in [0.2, 0.25) is 0 Å². The molecule has 2 aromatic rings. The molecule has 0 aliphatic heterocycles. The van der Waals surface area contributed by atoms with Crippen LogP contribution in [0.4, 0.5) is 5.82 Å². The molecule has 21 heavy (non-hydrogen) atoms. The summed E-state index contributed by atoms with van der Waals surface area (Å²) in [7, 11) is 3.21. The van der Waals surface area contributed by atoms with E-state index >= 15 is 0 Å². The zero-order chi connectivity index (χ0) is 15.2. The lowest BCUT2D eigenvalue weighted by molar-refractivity contribution is 0.354. The first-order valence-corrected chi connectivity index (χ1v) is 6.57. The maximum Gasteiger partial charge on any atom is 0.161 e. The van der Waals surface area contributed by atoms with Gasteiger partial charge in [0.15, 0.2) is 11.5 Å². The van der Waals surface area contributed by atoms with Crippen LogP contribution in [0.1, 0.15) is 17.2 Å². The molecule has 6 nitrogen and oxygen atoms in total. The molecule has 0 saturated heterocycles. The molecule has 1 atom stereocenters. The van der Waals surface area contributed by atoms with Gasteiger partial charge >= 0.3 is 0 Å². The summed E-state index contributed by atoms with van der Waals surface area (Å²) in [5.74, 6) is 7.53. The van der Waals surface area contributed by atoms with Crippen molar-refractivity contribution in [3.8, 4) is 11.5 Å². The van der Waals surface area contributed by atoms with Crippen LogP contribution in [0.25, 0.3) is 0 Å². The zero-order valence-electron chi connectivity index (χ0n) is 12.2. The van der Waals surface area contributed by atoms with E-state index in [0.717, 1.165) is 11.1 Å². The minimum absolute atomic E-state index is 0.101. The molecule has 1 aromatic carbocycles. The van der Waals surface area contributed by atoms with E-state index in [0.29, 0.717) is 23.7 Å². The molecule has 0 spiro atoms. The molecule has 2 rings (SSSR count). The van der Waals surface area contributed by atoms with Crippen LogP contribution in [0.15, 0.2) is 36.5 Å². The van der Waals surface area contributed by atoms with Crippen LogP contribution in [-0.2, 0) is 6.42 Å². The van der Waals surface area contributed by atoms with Gasteiger partial charge < -0.3 is 15.2 Å². The zero-order valence-corrected chi connectivity index (χ0v) is 12.2. The average molecular weight is 288 g/mol. The van der Waals surface area contributed by atoms with Gasteiger partial charge in [0, 0.05) is 6.20 Å². The van der Waals surface area contributed by atoms with Crippen LogP contribution in [0.2, 0.25) is 0 Å². The van der Waals surface area contributed by atoms with Gasteiger partial charge in [-0.25, -0.2) is 4.98 Å². The minimum atomic E-state index is -0.101. The standard InChI is InChI=1S/C15H20N4O2/c1-20-13-6-5-10(9-14(13)21-2)12(19-17)8-11-4-3-7-18-15(11)16/h3-7,9,12,19H,8,17H2,1-2H3,(H2,16,18). The summed E-state index contributed by atoms with van der Waals surface area (Å²) < 4.78 is 10.6. The number of anilines is 1. The van der Waals surface area contributed by atoms with E-state index in [9.17, 15) is 0 Å². The lowest BCUT2D eigenvalue weighted by atomic mass is 9.99. The van der Waals surface area contributed by atoms with Gasteiger partial charge in [-0.05, 0) is 35.7 Å². The van der Waals surface area contributed by atoms with Crippen LogP contribution >= 0.6 is 0 Å². The van der Waals surface area contributed by atoms with Crippen molar-refractivity contribution >= 4 is 5.82 Å². The largest absolute Gasteiger partial charge is 0.493 e. The summed E-state index contributed by atoms with van der Waals surface area (Å²) in [4.78, 5) is 4.09. The fraction of sp³-hybridized carbons (Fsp3) is 0.267. The molecule has 1 aromatic heterocycles. The van der Waals surface area contributed by atoms with Crippen molar-refractivity contribution in [1.82, 2.24) is 10.4 Å². The van der Waals surface area contributed by atoms with Crippen LogP contribution in [0.3, 0.4) is 0 Å². The molecule has 0 saturated carbocycles. The number of aromatic nitrogens is 1. The first-order chi connectivity index (χ1) is 10.2. The average Bonchev–Trinajstić information content (AvgIpc) is 2.53. The molecule has 5 N–H and O–H groups in total. The van der Waals surface area contributed by atoms with Crippen LogP contribution in [0, 0.1) is 0 Å². The van der Waals surface area contributed by atoms with Crippen molar-refractivity contribution in [2.24, 2.45) is 5.84 Å². The van der Waals surface area contributed by atoms with Gasteiger partial charge in [0.1, 0.15) is 5.82 Å².